The number of benzene rings is 2. The van der Waals surface area contributed by atoms with Gasteiger partial charge in [-0.05, 0) is 18.2 Å². The third-order valence-electron chi connectivity index (χ3n) is 3.11. The Labute approximate surface area is 135 Å². The van der Waals surface area contributed by atoms with Gasteiger partial charge in [-0.3, -0.25) is 4.79 Å². The Morgan fingerprint density at radius 3 is 2.38 bits per heavy atom. The predicted molar refractivity (Wildman–Crippen MR) is 87.1 cm³/mol. The molecular formula is C16H10BrClN2O. The molecule has 0 amide bonds. The molecule has 0 saturated carbocycles. The lowest BCUT2D eigenvalue weighted by molar-refractivity contribution is 0.112. The van der Waals surface area contributed by atoms with Gasteiger partial charge in [0, 0.05) is 10.0 Å². The lowest BCUT2D eigenvalue weighted by atomic mass is 10.1. The van der Waals surface area contributed by atoms with E-state index in [2.05, 4.69) is 21.0 Å². The number of carbonyl (C=O) groups is 1. The van der Waals surface area contributed by atoms with Crippen molar-refractivity contribution in [2.24, 2.45) is 0 Å². The van der Waals surface area contributed by atoms with E-state index in [4.69, 9.17) is 11.6 Å². The molecule has 0 unspecified atom stereocenters. The van der Waals surface area contributed by atoms with E-state index in [0.29, 0.717) is 16.4 Å². The van der Waals surface area contributed by atoms with Crippen LogP contribution in [0.1, 0.15) is 10.4 Å². The summed E-state index contributed by atoms with van der Waals surface area (Å²) in [7, 11) is 0. The van der Waals surface area contributed by atoms with Crippen molar-refractivity contribution >= 4 is 33.8 Å². The van der Waals surface area contributed by atoms with E-state index in [1.54, 1.807) is 4.68 Å². The average Bonchev–Trinajstić information content (AvgIpc) is 2.85. The van der Waals surface area contributed by atoms with Gasteiger partial charge in [0.15, 0.2) is 6.29 Å². The Hall–Kier alpha value is -1.91. The zero-order chi connectivity index (χ0) is 14.8. The van der Waals surface area contributed by atoms with Gasteiger partial charge in [0.05, 0.1) is 11.3 Å². The number of carbonyl (C=O) groups excluding carboxylic acids is 1. The minimum Gasteiger partial charge on any atom is -0.298 e. The Morgan fingerprint density at radius 2 is 1.71 bits per heavy atom. The quantitative estimate of drug-likeness (QED) is 0.630. The van der Waals surface area contributed by atoms with E-state index >= 15 is 0 Å². The number of hydrogen-bond acceptors (Lipinski definition) is 2. The van der Waals surface area contributed by atoms with Gasteiger partial charge in [0.1, 0.15) is 10.8 Å². The van der Waals surface area contributed by atoms with Crippen LogP contribution in [0.25, 0.3) is 16.9 Å². The Balaban J connectivity index is 2.24. The van der Waals surface area contributed by atoms with Gasteiger partial charge in [0.2, 0.25) is 0 Å². The lowest BCUT2D eigenvalue weighted by Crippen LogP contribution is -1.96. The molecule has 3 nitrogen and oxygen atoms in total. The van der Waals surface area contributed by atoms with Gasteiger partial charge in [-0.1, -0.05) is 63.9 Å². The van der Waals surface area contributed by atoms with Gasteiger partial charge in [-0.25, -0.2) is 4.68 Å². The van der Waals surface area contributed by atoms with Crippen molar-refractivity contribution in [3.8, 4) is 16.9 Å². The van der Waals surface area contributed by atoms with Crippen LogP contribution in [0.3, 0.4) is 0 Å². The molecule has 5 heteroatoms. The van der Waals surface area contributed by atoms with Gasteiger partial charge in [-0.2, -0.15) is 5.10 Å². The van der Waals surface area contributed by atoms with Crippen LogP contribution in [0.2, 0.25) is 5.15 Å². The normalized spacial score (nSPS) is 10.6. The first-order valence-electron chi connectivity index (χ1n) is 6.26. The van der Waals surface area contributed by atoms with Gasteiger partial charge in [0.25, 0.3) is 0 Å². The molecule has 1 aromatic heterocycles. The standard InChI is InChI=1S/C16H10BrClN2O/c17-14-9-5-4-8-12(14)15-13(10-21)16(18)20(19-15)11-6-2-1-3-7-11/h1-10H. The molecule has 0 aliphatic rings. The van der Waals surface area contributed by atoms with Crippen LogP contribution < -0.4 is 0 Å². The van der Waals surface area contributed by atoms with Crippen LogP contribution in [-0.4, -0.2) is 16.1 Å². The average molecular weight is 362 g/mol. The molecule has 0 N–H and O–H groups in total. The summed E-state index contributed by atoms with van der Waals surface area (Å²) in [6, 6.07) is 17.1. The number of rotatable bonds is 3. The maximum atomic E-state index is 11.4. The van der Waals surface area contributed by atoms with Crippen LogP contribution >= 0.6 is 27.5 Å². The first kappa shape index (κ1) is 14.0. The molecule has 0 radical (unpaired) electrons. The van der Waals surface area contributed by atoms with Crippen LogP contribution in [-0.2, 0) is 0 Å². The number of nitrogens with zero attached hydrogens (tertiary/aromatic N) is 2. The third kappa shape index (κ3) is 2.52. The van der Waals surface area contributed by atoms with E-state index in [9.17, 15) is 4.79 Å². The fourth-order valence-corrected chi connectivity index (χ4v) is 2.85. The Morgan fingerprint density at radius 1 is 1.05 bits per heavy atom. The number of hydrogen-bond donors (Lipinski definition) is 0. The number of para-hydroxylation sites is 1. The minimum absolute atomic E-state index is 0.307. The van der Waals surface area contributed by atoms with Crippen molar-refractivity contribution in [2.75, 3.05) is 0 Å². The van der Waals surface area contributed by atoms with E-state index in [-0.39, 0.29) is 0 Å². The van der Waals surface area contributed by atoms with Crippen molar-refractivity contribution < 1.29 is 4.79 Å². The molecule has 0 atom stereocenters. The third-order valence-corrected chi connectivity index (χ3v) is 4.17. The summed E-state index contributed by atoms with van der Waals surface area (Å²) in [6.45, 7) is 0. The first-order chi connectivity index (χ1) is 10.2. The summed E-state index contributed by atoms with van der Waals surface area (Å²) in [5, 5.41) is 4.81. The highest BCUT2D eigenvalue weighted by molar-refractivity contribution is 9.10. The molecule has 0 saturated heterocycles. The van der Waals surface area contributed by atoms with Crippen molar-refractivity contribution in [2.45, 2.75) is 0 Å². The zero-order valence-electron chi connectivity index (χ0n) is 10.8. The summed E-state index contributed by atoms with van der Waals surface area (Å²) in [5.41, 5.74) is 2.58. The molecule has 1 heterocycles. The van der Waals surface area contributed by atoms with Crippen LogP contribution in [0.15, 0.2) is 59.1 Å². The molecule has 3 aromatic rings. The Kier molecular flexibility index (Phi) is 3.90. The number of aldehydes is 1. The van der Waals surface area contributed by atoms with E-state index in [1.165, 1.54) is 0 Å². The second-order valence-corrected chi connectivity index (χ2v) is 5.61. The summed E-state index contributed by atoms with van der Waals surface area (Å²) in [6.07, 6.45) is 0.740. The molecule has 2 aromatic carbocycles. The lowest BCUT2D eigenvalue weighted by Gasteiger charge is -2.02. The number of halogens is 2. The first-order valence-corrected chi connectivity index (χ1v) is 7.43. The highest BCUT2D eigenvalue weighted by Crippen LogP contribution is 2.33. The molecule has 3 rings (SSSR count). The van der Waals surface area contributed by atoms with E-state index in [0.717, 1.165) is 22.0 Å². The number of aromatic nitrogens is 2. The van der Waals surface area contributed by atoms with Crippen LogP contribution in [0.4, 0.5) is 0 Å². The topological polar surface area (TPSA) is 34.9 Å². The molecule has 21 heavy (non-hydrogen) atoms. The molecule has 0 aliphatic heterocycles. The zero-order valence-corrected chi connectivity index (χ0v) is 13.2. The fraction of sp³-hybridized carbons (Fsp3) is 0. The van der Waals surface area contributed by atoms with Crippen LogP contribution in [0.5, 0.6) is 0 Å². The summed E-state index contributed by atoms with van der Waals surface area (Å²) in [5.74, 6) is 0. The summed E-state index contributed by atoms with van der Waals surface area (Å²) < 4.78 is 2.43. The molecular weight excluding hydrogens is 352 g/mol. The predicted octanol–water partition coefficient (Wildman–Crippen LogP) is 4.77. The van der Waals surface area contributed by atoms with Crippen molar-refractivity contribution in [1.82, 2.24) is 9.78 Å². The minimum atomic E-state index is 0.307. The highest BCUT2D eigenvalue weighted by atomic mass is 79.9. The van der Waals surface area contributed by atoms with Gasteiger partial charge in [-0.15, -0.1) is 0 Å². The Bertz CT molecular complexity index is 799. The van der Waals surface area contributed by atoms with Crippen molar-refractivity contribution in [3.63, 3.8) is 0 Å². The van der Waals surface area contributed by atoms with Crippen LogP contribution in [0, 0.1) is 0 Å². The monoisotopic (exact) mass is 360 g/mol. The largest absolute Gasteiger partial charge is 0.298 e. The summed E-state index contributed by atoms with van der Waals surface area (Å²) >= 11 is 9.80. The van der Waals surface area contributed by atoms with Gasteiger partial charge < -0.3 is 0 Å². The molecule has 0 aliphatic carbocycles. The SMILES string of the molecule is O=Cc1c(-c2ccccc2Br)nn(-c2ccccc2)c1Cl. The maximum Gasteiger partial charge on any atom is 0.155 e. The molecule has 0 spiro atoms. The van der Waals surface area contributed by atoms with E-state index in [1.807, 2.05) is 54.6 Å². The van der Waals surface area contributed by atoms with Crippen molar-refractivity contribution in [3.05, 3.63) is 69.8 Å². The maximum absolute atomic E-state index is 11.4. The second-order valence-electron chi connectivity index (χ2n) is 4.40. The van der Waals surface area contributed by atoms with Gasteiger partial charge >= 0.3 is 0 Å². The molecule has 0 fully saturated rings. The fourth-order valence-electron chi connectivity index (χ4n) is 2.11. The smallest absolute Gasteiger partial charge is 0.155 e. The van der Waals surface area contributed by atoms with Crippen molar-refractivity contribution in [1.29, 1.82) is 0 Å². The molecule has 0 bridgehead atoms. The second kappa shape index (κ2) is 5.84. The molecule has 104 valence electrons. The summed E-state index contributed by atoms with van der Waals surface area (Å²) in [4.78, 5) is 11.4. The highest BCUT2D eigenvalue weighted by Gasteiger charge is 2.19. The van der Waals surface area contributed by atoms with E-state index < -0.39 is 0 Å².